The number of amides is 1. The molecule has 7 heteroatoms. The molecule has 2 aromatic heterocycles. The van der Waals surface area contributed by atoms with E-state index < -0.39 is 0 Å². The Kier molecular flexibility index (Phi) is 4.35. The number of nitrogens with one attached hydrogen (secondary N) is 1. The fourth-order valence-corrected chi connectivity index (χ4v) is 3.31. The number of aromatic nitrogens is 2. The van der Waals surface area contributed by atoms with Crippen LogP contribution >= 0.6 is 0 Å². The normalized spacial score (nSPS) is 12.9. The topological polar surface area (TPSA) is 70.6 Å². The van der Waals surface area contributed by atoms with Crippen molar-refractivity contribution in [2.75, 3.05) is 36.3 Å². The molecule has 0 radical (unpaired) electrons. The minimum absolute atomic E-state index is 0.0566. The molecule has 3 aromatic rings. The Balaban J connectivity index is 1.75. The molecule has 1 N–H and O–H groups in total. The largest absolute Gasteiger partial charge is 0.481 e. The quantitative estimate of drug-likeness (QED) is 0.749. The van der Waals surface area contributed by atoms with Crippen LogP contribution in [-0.2, 0) is 0 Å². The van der Waals surface area contributed by atoms with Crippen molar-refractivity contribution in [2.24, 2.45) is 0 Å². The zero-order valence-corrected chi connectivity index (χ0v) is 16.2. The average molecular weight is 375 g/mol. The molecule has 0 aliphatic carbocycles. The Hall–Kier alpha value is -3.61. The van der Waals surface area contributed by atoms with Crippen LogP contribution in [0.3, 0.4) is 0 Å². The summed E-state index contributed by atoms with van der Waals surface area (Å²) < 4.78 is 5.16. The molecule has 4 rings (SSSR count). The van der Waals surface area contributed by atoms with Crippen LogP contribution in [0.1, 0.15) is 15.9 Å². The monoisotopic (exact) mass is 375 g/mol. The van der Waals surface area contributed by atoms with Gasteiger partial charge in [0.1, 0.15) is 5.82 Å². The number of pyridine rings is 2. The molecule has 0 fully saturated rings. The predicted octanol–water partition coefficient (Wildman–Crippen LogP) is 3.90. The number of hydrogen-bond acceptors (Lipinski definition) is 6. The van der Waals surface area contributed by atoms with Crippen molar-refractivity contribution < 1.29 is 9.53 Å². The minimum atomic E-state index is -0.0566. The van der Waals surface area contributed by atoms with E-state index >= 15 is 0 Å². The Labute approximate surface area is 163 Å². The van der Waals surface area contributed by atoms with Crippen LogP contribution in [-0.4, -0.2) is 37.1 Å². The highest BCUT2D eigenvalue weighted by atomic mass is 16.5. The van der Waals surface area contributed by atoms with Crippen LogP contribution < -0.4 is 19.9 Å². The van der Waals surface area contributed by atoms with E-state index in [4.69, 9.17) is 4.74 Å². The highest BCUT2D eigenvalue weighted by molar-refractivity contribution is 6.13. The smallest absolute Gasteiger partial charge is 0.260 e. The number of fused-ring (bicyclic) bond motifs is 2. The molecule has 3 heterocycles. The summed E-state index contributed by atoms with van der Waals surface area (Å²) in [4.78, 5) is 25.3. The highest BCUT2D eigenvalue weighted by Crippen LogP contribution is 2.40. The number of anilines is 5. The molecule has 0 bridgehead atoms. The molecule has 28 heavy (non-hydrogen) atoms. The summed E-state index contributed by atoms with van der Waals surface area (Å²) in [5.74, 6) is 1.18. The van der Waals surface area contributed by atoms with Gasteiger partial charge in [0.05, 0.1) is 47.8 Å². The van der Waals surface area contributed by atoms with Crippen LogP contribution in [0.5, 0.6) is 5.88 Å². The van der Waals surface area contributed by atoms with Gasteiger partial charge in [-0.1, -0.05) is 12.1 Å². The molecule has 1 aliphatic rings. The Morgan fingerprint density at radius 1 is 0.964 bits per heavy atom. The fraction of sp³-hybridized carbons (Fsp3) is 0.190. The first-order valence-corrected chi connectivity index (χ1v) is 8.88. The zero-order chi connectivity index (χ0) is 19.8. The number of nitrogens with zero attached hydrogens (tertiary/aromatic N) is 4. The summed E-state index contributed by atoms with van der Waals surface area (Å²) >= 11 is 0. The number of para-hydroxylation sites is 1. The second-order valence-electron chi connectivity index (χ2n) is 6.67. The van der Waals surface area contributed by atoms with E-state index in [-0.39, 0.29) is 5.91 Å². The second-order valence-corrected chi connectivity index (χ2v) is 6.67. The highest BCUT2D eigenvalue weighted by Gasteiger charge is 2.27. The molecule has 7 nitrogen and oxygen atoms in total. The molecular weight excluding hydrogens is 354 g/mol. The summed E-state index contributed by atoms with van der Waals surface area (Å²) in [5, 5.41) is 3.31. The van der Waals surface area contributed by atoms with Crippen LogP contribution in [0.2, 0.25) is 0 Å². The predicted molar refractivity (Wildman–Crippen MR) is 110 cm³/mol. The van der Waals surface area contributed by atoms with Crippen molar-refractivity contribution >= 4 is 34.5 Å². The Morgan fingerprint density at radius 2 is 1.75 bits per heavy atom. The first-order valence-electron chi connectivity index (χ1n) is 8.88. The van der Waals surface area contributed by atoms with Crippen LogP contribution in [0, 0.1) is 6.92 Å². The Morgan fingerprint density at radius 3 is 2.50 bits per heavy atom. The number of methoxy groups -OCH3 is 1. The number of carbonyl (C=O) groups excluding carboxylic acids is 1. The maximum Gasteiger partial charge on any atom is 0.260 e. The van der Waals surface area contributed by atoms with Gasteiger partial charge >= 0.3 is 0 Å². The van der Waals surface area contributed by atoms with E-state index in [9.17, 15) is 4.79 Å². The van der Waals surface area contributed by atoms with Gasteiger partial charge in [0.15, 0.2) is 0 Å². The molecule has 1 amide bonds. The third-order valence-corrected chi connectivity index (χ3v) is 4.94. The van der Waals surface area contributed by atoms with Crippen molar-refractivity contribution in [2.45, 2.75) is 6.92 Å². The molecule has 0 atom stereocenters. The summed E-state index contributed by atoms with van der Waals surface area (Å²) in [6.07, 6.45) is 3.43. The second kappa shape index (κ2) is 6.84. The lowest BCUT2D eigenvalue weighted by Gasteiger charge is -2.22. The summed E-state index contributed by atoms with van der Waals surface area (Å²) in [5.41, 5.74) is 4.99. The van der Waals surface area contributed by atoms with Crippen molar-refractivity contribution in [3.63, 3.8) is 0 Å². The van der Waals surface area contributed by atoms with E-state index in [1.165, 1.54) is 0 Å². The third-order valence-electron chi connectivity index (χ3n) is 4.94. The lowest BCUT2D eigenvalue weighted by Crippen LogP contribution is -2.25. The van der Waals surface area contributed by atoms with Crippen LogP contribution in [0.4, 0.5) is 28.6 Å². The van der Waals surface area contributed by atoms with Gasteiger partial charge in [0.25, 0.3) is 5.91 Å². The molecule has 0 saturated heterocycles. The lowest BCUT2D eigenvalue weighted by atomic mass is 10.1. The summed E-state index contributed by atoms with van der Waals surface area (Å²) in [6, 6.07) is 11.4. The number of rotatable bonds is 3. The van der Waals surface area contributed by atoms with E-state index in [1.807, 2.05) is 55.3 Å². The number of ether oxygens (including phenoxy) is 1. The van der Waals surface area contributed by atoms with Crippen LogP contribution in [0.15, 0.2) is 48.8 Å². The fourth-order valence-electron chi connectivity index (χ4n) is 3.31. The Bertz CT molecular complexity index is 1070. The van der Waals surface area contributed by atoms with Crippen molar-refractivity contribution in [3.8, 4) is 5.88 Å². The molecule has 142 valence electrons. The van der Waals surface area contributed by atoms with E-state index in [0.29, 0.717) is 17.3 Å². The van der Waals surface area contributed by atoms with Crippen molar-refractivity contribution in [1.29, 1.82) is 0 Å². The third kappa shape index (κ3) is 2.90. The molecular formula is C21H21N5O2. The summed E-state index contributed by atoms with van der Waals surface area (Å²) in [7, 11) is 5.31. The first-order chi connectivity index (χ1) is 13.5. The van der Waals surface area contributed by atoms with E-state index in [1.54, 1.807) is 31.5 Å². The van der Waals surface area contributed by atoms with Gasteiger partial charge in [-0.25, -0.2) is 9.97 Å². The molecule has 0 spiro atoms. The molecule has 0 unspecified atom stereocenters. The van der Waals surface area contributed by atoms with Gasteiger partial charge in [-0.15, -0.1) is 0 Å². The van der Waals surface area contributed by atoms with E-state index in [2.05, 4.69) is 15.3 Å². The summed E-state index contributed by atoms with van der Waals surface area (Å²) in [6.45, 7) is 1.98. The number of benzene rings is 1. The van der Waals surface area contributed by atoms with Gasteiger partial charge in [-0.2, -0.15) is 0 Å². The number of carbonyl (C=O) groups is 1. The van der Waals surface area contributed by atoms with Crippen molar-refractivity contribution in [3.05, 3.63) is 59.9 Å². The molecule has 1 aromatic carbocycles. The zero-order valence-electron chi connectivity index (χ0n) is 16.2. The van der Waals surface area contributed by atoms with Gasteiger partial charge in [0, 0.05) is 26.2 Å². The maximum absolute atomic E-state index is 12.9. The maximum atomic E-state index is 12.9. The average Bonchev–Trinajstić information content (AvgIpc) is 2.80. The molecule has 0 saturated carbocycles. The standard InChI is InChI=1S/C21H21N5O2/c1-13-9-20(28-4)23-11-15(13)24-19-10-17-18(12-22-19)26(3)21(27)14-7-5-6-8-16(14)25(17)2/h5-12H,1-4H3,(H,22,24). The van der Waals surface area contributed by atoms with Gasteiger partial charge in [-0.3, -0.25) is 4.79 Å². The molecule has 1 aliphatic heterocycles. The minimum Gasteiger partial charge on any atom is -0.481 e. The lowest BCUT2D eigenvalue weighted by molar-refractivity contribution is 0.0994. The van der Waals surface area contributed by atoms with Gasteiger partial charge in [0.2, 0.25) is 5.88 Å². The number of hydrogen-bond donors (Lipinski definition) is 1. The van der Waals surface area contributed by atoms with E-state index in [0.717, 1.165) is 28.3 Å². The SMILES string of the molecule is COc1cc(C)c(Nc2cc3c(cn2)N(C)C(=O)c2ccccc2N3C)cn1. The van der Waals surface area contributed by atoms with Crippen molar-refractivity contribution in [1.82, 2.24) is 9.97 Å². The first kappa shape index (κ1) is 17.8. The van der Waals surface area contributed by atoms with Gasteiger partial charge in [-0.05, 0) is 24.6 Å². The number of aryl methyl sites for hydroxylation is 1. The van der Waals surface area contributed by atoms with Crippen LogP contribution in [0.25, 0.3) is 0 Å². The van der Waals surface area contributed by atoms with Gasteiger partial charge < -0.3 is 19.9 Å².